The average Bonchev–Trinajstić information content (AvgIpc) is 2.87. The highest BCUT2D eigenvalue weighted by Gasteiger charge is 2.26. The summed E-state index contributed by atoms with van der Waals surface area (Å²) in [5.41, 5.74) is 2.52. The summed E-state index contributed by atoms with van der Waals surface area (Å²) < 4.78 is 0. The van der Waals surface area contributed by atoms with Crippen LogP contribution in [-0.2, 0) is 17.6 Å². The lowest BCUT2D eigenvalue weighted by molar-refractivity contribution is -0.126. The van der Waals surface area contributed by atoms with Crippen LogP contribution in [0, 0.1) is 5.92 Å². The van der Waals surface area contributed by atoms with Gasteiger partial charge >= 0.3 is 0 Å². The number of hydrogen-bond donors (Lipinski definition) is 2. The number of nitrogens with zero attached hydrogens (tertiary/aromatic N) is 1. The number of fused-ring (bicyclic) bond motifs is 1. The molecule has 0 aromatic carbocycles. The van der Waals surface area contributed by atoms with Crippen LogP contribution in [0.4, 0.5) is 0 Å². The van der Waals surface area contributed by atoms with Crippen molar-refractivity contribution in [2.45, 2.75) is 57.4 Å². The SMILES string of the molecule is O=C(NC1CCc2cn[nH]c2C1)C1CCCCC1. The second-order valence-corrected chi connectivity index (χ2v) is 5.66. The molecule has 18 heavy (non-hydrogen) atoms. The molecule has 1 heterocycles. The zero-order chi connectivity index (χ0) is 12.4. The van der Waals surface area contributed by atoms with Crippen LogP contribution in [0.5, 0.6) is 0 Å². The van der Waals surface area contributed by atoms with Crippen LogP contribution in [0.2, 0.25) is 0 Å². The zero-order valence-corrected chi connectivity index (χ0v) is 10.7. The normalized spacial score (nSPS) is 24.6. The minimum Gasteiger partial charge on any atom is -0.353 e. The number of carbonyl (C=O) groups is 1. The molecule has 0 spiro atoms. The van der Waals surface area contributed by atoms with Crippen molar-refractivity contribution in [3.8, 4) is 0 Å². The van der Waals surface area contributed by atoms with E-state index in [-0.39, 0.29) is 11.8 Å². The van der Waals surface area contributed by atoms with Crippen molar-refractivity contribution >= 4 is 5.91 Å². The number of H-pyrrole nitrogens is 1. The van der Waals surface area contributed by atoms with Gasteiger partial charge in [0.25, 0.3) is 0 Å². The smallest absolute Gasteiger partial charge is 0.223 e. The Hall–Kier alpha value is -1.32. The molecule has 4 nitrogen and oxygen atoms in total. The van der Waals surface area contributed by atoms with Crippen molar-refractivity contribution in [1.29, 1.82) is 0 Å². The Morgan fingerprint density at radius 1 is 1.28 bits per heavy atom. The molecule has 1 atom stereocenters. The molecule has 2 aliphatic rings. The molecule has 1 aromatic rings. The van der Waals surface area contributed by atoms with E-state index < -0.39 is 0 Å². The first-order chi connectivity index (χ1) is 8.83. The number of carbonyl (C=O) groups excluding carboxylic acids is 1. The highest BCUT2D eigenvalue weighted by molar-refractivity contribution is 5.79. The largest absolute Gasteiger partial charge is 0.353 e. The monoisotopic (exact) mass is 247 g/mol. The van der Waals surface area contributed by atoms with E-state index in [0.717, 1.165) is 32.1 Å². The molecule has 0 saturated heterocycles. The standard InChI is InChI=1S/C14H21N3O/c18-14(10-4-2-1-3-5-10)16-12-7-6-11-9-15-17-13(11)8-12/h9-10,12H,1-8H2,(H,15,17)(H,16,18). The number of aromatic amines is 1. The third kappa shape index (κ3) is 2.42. The molecule has 0 radical (unpaired) electrons. The fourth-order valence-electron chi connectivity index (χ4n) is 3.22. The Morgan fingerprint density at radius 3 is 2.94 bits per heavy atom. The molecule has 1 amide bonds. The van der Waals surface area contributed by atoms with Gasteiger partial charge < -0.3 is 5.32 Å². The predicted molar refractivity (Wildman–Crippen MR) is 69.1 cm³/mol. The van der Waals surface area contributed by atoms with E-state index in [4.69, 9.17) is 0 Å². The summed E-state index contributed by atoms with van der Waals surface area (Å²) in [6, 6.07) is 0.298. The van der Waals surface area contributed by atoms with Crippen LogP contribution >= 0.6 is 0 Å². The summed E-state index contributed by atoms with van der Waals surface area (Å²) in [6.07, 6.45) is 10.8. The lowest BCUT2D eigenvalue weighted by Gasteiger charge is -2.27. The number of rotatable bonds is 2. The highest BCUT2D eigenvalue weighted by atomic mass is 16.1. The number of aryl methyl sites for hydroxylation is 1. The molecule has 2 N–H and O–H groups in total. The van der Waals surface area contributed by atoms with Gasteiger partial charge in [0.15, 0.2) is 0 Å². The summed E-state index contributed by atoms with van der Waals surface area (Å²) in [6.45, 7) is 0. The van der Waals surface area contributed by atoms with E-state index in [0.29, 0.717) is 6.04 Å². The van der Waals surface area contributed by atoms with Crippen molar-refractivity contribution in [3.63, 3.8) is 0 Å². The second-order valence-electron chi connectivity index (χ2n) is 5.66. The van der Waals surface area contributed by atoms with E-state index in [1.165, 1.54) is 30.5 Å². The first kappa shape index (κ1) is 11.8. The summed E-state index contributed by atoms with van der Waals surface area (Å²) in [5.74, 6) is 0.546. The predicted octanol–water partition coefficient (Wildman–Crippen LogP) is 1.96. The number of hydrogen-bond acceptors (Lipinski definition) is 2. The Morgan fingerprint density at radius 2 is 2.11 bits per heavy atom. The molecule has 1 fully saturated rings. The Labute approximate surface area is 108 Å². The van der Waals surface area contributed by atoms with Crippen molar-refractivity contribution in [1.82, 2.24) is 15.5 Å². The fraction of sp³-hybridized carbons (Fsp3) is 0.714. The van der Waals surface area contributed by atoms with Crippen LogP contribution in [0.1, 0.15) is 49.8 Å². The third-order valence-electron chi connectivity index (χ3n) is 4.34. The molecule has 2 aliphatic carbocycles. The fourth-order valence-corrected chi connectivity index (χ4v) is 3.22. The Kier molecular flexibility index (Phi) is 3.35. The summed E-state index contributed by atoms with van der Waals surface area (Å²) in [4.78, 5) is 12.2. The van der Waals surface area contributed by atoms with Gasteiger partial charge in [0.2, 0.25) is 5.91 Å². The molecule has 98 valence electrons. The quantitative estimate of drug-likeness (QED) is 0.839. The van der Waals surface area contributed by atoms with Gasteiger partial charge in [-0.25, -0.2) is 0 Å². The van der Waals surface area contributed by atoms with Crippen molar-refractivity contribution in [3.05, 3.63) is 17.5 Å². The second kappa shape index (κ2) is 5.12. The van der Waals surface area contributed by atoms with Gasteiger partial charge in [-0.05, 0) is 31.2 Å². The van der Waals surface area contributed by atoms with Gasteiger partial charge in [-0.3, -0.25) is 9.89 Å². The van der Waals surface area contributed by atoms with Crippen LogP contribution in [-0.4, -0.2) is 22.1 Å². The van der Waals surface area contributed by atoms with E-state index in [1.54, 1.807) is 0 Å². The van der Waals surface area contributed by atoms with E-state index in [1.807, 2.05) is 6.20 Å². The van der Waals surface area contributed by atoms with Gasteiger partial charge in [-0.1, -0.05) is 19.3 Å². The molecule has 3 rings (SSSR count). The van der Waals surface area contributed by atoms with Crippen LogP contribution in [0.25, 0.3) is 0 Å². The van der Waals surface area contributed by atoms with Gasteiger partial charge in [0.1, 0.15) is 0 Å². The van der Waals surface area contributed by atoms with Gasteiger partial charge in [-0.2, -0.15) is 5.10 Å². The number of nitrogens with one attached hydrogen (secondary N) is 2. The number of aromatic nitrogens is 2. The topological polar surface area (TPSA) is 57.8 Å². The molecule has 0 bridgehead atoms. The summed E-state index contributed by atoms with van der Waals surface area (Å²) in [5, 5.41) is 10.3. The van der Waals surface area contributed by atoms with Crippen LogP contribution in [0.15, 0.2) is 6.20 Å². The maximum atomic E-state index is 12.2. The Balaban J connectivity index is 1.56. The minimum absolute atomic E-state index is 0.266. The maximum absolute atomic E-state index is 12.2. The van der Waals surface area contributed by atoms with Gasteiger partial charge in [0, 0.05) is 24.1 Å². The summed E-state index contributed by atoms with van der Waals surface area (Å²) >= 11 is 0. The summed E-state index contributed by atoms with van der Waals surface area (Å²) in [7, 11) is 0. The lowest BCUT2D eigenvalue weighted by Crippen LogP contribution is -2.42. The van der Waals surface area contributed by atoms with Crippen LogP contribution < -0.4 is 5.32 Å². The van der Waals surface area contributed by atoms with Crippen molar-refractivity contribution in [2.24, 2.45) is 5.92 Å². The van der Waals surface area contributed by atoms with Crippen molar-refractivity contribution < 1.29 is 4.79 Å². The van der Waals surface area contributed by atoms with E-state index in [9.17, 15) is 4.79 Å². The van der Waals surface area contributed by atoms with Crippen LogP contribution in [0.3, 0.4) is 0 Å². The minimum atomic E-state index is 0.266. The Bertz CT molecular complexity index is 420. The number of amides is 1. The lowest BCUT2D eigenvalue weighted by atomic mass is 9.87. The van der Waals surface area contributed by atoms with Crippen molar-refractivity contribution in [2.75, 3.05) is 0 Å². The molecule has 1 aromatic heterocycles. The zero-order valence-electron chi connectivity index (χ0n) is 10.7. The first-order valence-electron chi connectivity index (χ1n) is 7.14. The first-order valence-corrected chi connectivity index (χ1v) is 7.14. The molecule has 0 aliphatic heterocycles. The maximum Gasteiger partial charge on any atom is 0.223 e. The molecule has 1 saturated carbocycles. The average molecular weight is 247 g/mol. The van der Waals surface area contributed by atoms with Gasteiger partial charge in [-0.15, -0.1) is 0 Å². The molecular formula is C14H21N3O. The van der Waals surface area contributed by atoms with E-state index >= 15 is 0 Å². The van der Waals surface area contributed by atoms with Gasteiger partial charge in [0.05, 0.1) is 6.20 Å². The molecule has 4 heteroatoms. The van der Waals surface area contributed by atoms with E-state index in [2.05, 4.69) is 15.5 Å². The highest BCUT2D eigenvalue weighted by Crippen LogP contribution is 2.25. The third-order valence-corrected chi connectivity index (χ3v) is 4.34. The molecule has 1 unspecified atom stereocenters. The molecular weight excluding hydrogens is 226 g/mol.